The van der Waals surface area contributed by atoms with Gasteiger partial charge in [-0.3, -0.25) is 0 Å². The molecule has 154 valence electrons. The van der Waals surface area contributed by atoms with E-state index in [-0.39, 0.29) is 34.5 Å². The molecule has 3 rings (SSSR count). The van der Waals surface area contributed by atoms with Crippen molar-refractivity contribution in [3.63, 3.8) is 0 Å². The number of benzene rings is 2. The van der Waals surface area contributed by atoms with Crippen LogP contribution in [-0.4, -0.2) is 45.1 Å². The standard InChI is InChI=1S/C19H19ClFN3O4S/c20-17-6-5-16(29(26,27)24-9-11-28-12-10-24)13-18(17)23-19(25)22-8-7-14-1-3-15(21)4-2-14/h1-8,13H,9-12H2,(H2,22,23,25)/b8-7+. The van der Waals surface area contributed by atoms with E-state index in [1.165, 1.54) is 40.8 Å². The number of hydrogen-bond donors (Lipinski definition) is 2. The normalized spacial score (nSPS) is 15.4. The molecule has 1 heterocycles. The number of carbonyl (C=O) groups excluding carboxylic acids is 1. The van der Waals surface area contributed by atoms with E-state index in [9.17, 15) is 17.6 Å². The van der Waals surface area contributed by atoms with Crippen molar-refractivity contribution < 1.29 is 22.3 Å². The summed E-state index contributed by atoms with van der Waals surface area (Å²) >= 11 is 6.10. The van der Waals surface area contributed by atoms with Crippen LogP contribution >= 0.6 is 11.6 Å². The molecule has 0 unspecified atom stereocenters. The van der Waals surface area contributed by atoms with Crippen molar-refractivity contribution in [3.8, 4) is 0 Å². The summed E-state index contributed by atoms with van der Waals surface area (Å²) < 4.78 is 44.9. The Hall–Kier alpha value is -2.46. The Bertz CT molecular complexity index is 1010. The van der Waals surface area contributed by atoms with Crippen LogP contribution < -0.4 is 10.6 Å². The van der Waals surface area contributed by atoms with E-state index >= 15 is 0 Å². The molecule has 1 aliphatic rings. The van der Waals surface area contributed by atoms with Crippen molar-refractivity contribution in [2.75, 3.05) is 31.6 Å². The van der Waals surface area contributed by atoms with Crippen molar-refractivity contribution in [3.05, 3.63) is 65.1 Å². The molecule has 0 aliphatic carbocycles. The summed E-state index contributed by atoms with van der Waals surface area (Å²) in [6, 6.07) is 9.25. The zero-order valence-corrected chi connectivity index (χ0v) is 16.8. The van der Waals surface area contributed by atoms with Gasteiger partial charge in [0.15, 0.2) is 0 Å². The van der Waals surface area contributed by atoms with Crippen LogP contribution in [0.25, 0.3) is 6.08 Å². The molecule has 0 atom stereocenters. The number of amides is 2. The maximum absolute atomic E-state index is 12.9. The molecule has 2 N–H and O–H groups in total. The molecule has 1 aliphatic heterocycles. The van der Waals surface area contributed by atoms with E-state index in [2.05, 4.69) is 10.6 Å². The van der Waals surface area contributed by atoms with Crippen molar-refractivity contribution in [1.29, 1.82) is 0 Å². The van der Waals surface area contributed by atoms with Gasteiger partial charge in [-0.15, -0.1) is 0 Å². The average molecular weight is 440 g/mol. The van der Waals surface area contributed by atoms with Crippen LogP contribution in [0.5, 0.6) is 0 Å². The van der Waals surface area contributed by atoms with Crippen LogP contribution in [0.2, 0.25) is 5.02 Å². The van der Waals surface area contributed by atoms with Crippen molar-refractivity contribution >= 4 is 39.4 Å². The Kier molecular flexibility index (Phi) is 6.86. The van der Waals surface area contributed by atoms with Crippen LogP contribution in [-0.2, 0) is 14.8 Å². The average Bonchev–Trinajstić information content (AvgIpc) is 2.71. The molecule has 1 saturated heterocycles. The minimum Gasteiger partial charge on any atom is -0.379 e. The monoisotopic (exact) mass is 439 g/mol. The number of nitrogens with zero attached hydrogens (tertiary/aromatic N) is 1. The smallest absolute Gasteiger partial charge is 0.323 e. The van der Waals surface area contributed by atoms with E-state index in [0.29, 0.717) is 18.8 Å². The quantitative estimate of drug-likeness (QED) is 0.748. The van der Waals surface area contributed by atoms with Gasteiger partial charge < -0.3 is 15.4 Å². The minimum atomic E-state index is -3.72. The predicted octanol–water partition coefficient (Wildman–Crippen LogP) is 3.29. The molecule has 2 aromatic rings. The molecule has 10 heteroatoms. The summed E-state index contributed by atoms with van der Waals surface area (Å²) in [5, 5.41) is 5.20. The van der Waals surface area contributed by atoms with Gasteiger partial charge in [0, 0.05) is 19.3 Å². The van der Waals surface area contributed by atoms with Crippen molar-refractivity contribution in [1.82, 2.24) is 9.62 Å². The first-order chi connectivity index (χ1) is 13.9. The minimum absolute atomic E-state index is 0.0287. The summed E-state index contributed by atoms with van der Waals surface area (Å²) in [5.41, 5.74) is 0.858. The van der Waals surface area contributed by atoms with Crippen LogP contribution in [0.4, 0.5) is 14.9 Å². The zero-order valence-electron chi connectivity index (χ0n) is 15.3. The second-order valence-corrected chi connectivity index (χ2v) is 8.49. The second-order valence-electron chi connectivity index (χ2n) is 6.14. The molecule has 0 aromatic heterocycles. The number of hydrogen-bond acceptors (Lipinski definition) is 4. The van der Waals surface area contributed by atoms with Gasteiger partial charge in [-0.2, -0.15) is 4.31 Å². The number of carbonyl (C=O) groups is 1. The first-order valence-electron chi connectivity index (χ1n) is 8.73. The Morgan fingerprint density at radius 1 is 1.14 bits per heavy atom. The first-order valence-corrected chi connectivity index (χ1v) is 10.6. The maximum atomic E-state index is 12.9. The Morgan fingerprint density at radius 2 is 1.83 bits per heavy atom. The third kappa shape index (κ3) is 5.54. The largest absolute Gasteiger partial charge is 0.379 e. The molecule has 2 amide bonds. The predicted molar refractivity (Wildman–Crippen MR) is 109 cm³/mol. The highest BCUT2D eigenvalue weighted by atomic mass is 35.5. The SMILES string of the molecule is O=C(N/C=C/c1ccc(F)cc1)Nc1cc(S(=O)(=O)N2CCOCC2)ccc1Cl. The van der Waals surface area contributed by atoms with Crippen LogP contribution in [0.3, 0.4) is 0 Å². The Labute approximate surface area is 173 Å². The van der Waals surface area contributed by atoms with Gasteiger partial charge in [-0.25, -0.2) is 17.6 Å². The highest BCUT2D eigenvalue weighted by Crippen LogP contribution is 2.27. The van der Waals surface area contributed by atoms with Crippen LogP contribution in [0.1, 0.15) is 5.56 Å². The van der Waals surface area contributed by atoms with Gasteiger partial charge in [-0.1, -0.05) is 23.7 Å². The highest BCUT2D eigenvalue weighted by molar-refractivity contribution is 7.89. The lowest BCUT2D eigenvalue weighted by Crippen LogP contribution is -2.40. The van der Waals surface area contributed by atoms with Gasteiger partial charge in [0.2, 0.25) is 10.0 Å². The molecule has 1 fully saturated rings. The van der Waals surface area contributed by atoms with E-state index < -0.39 is 16.1 Å². The summed E-state index contributed by atoms with van der Waals surface area (Å²) in [4.78, 5) is 12.1. The molecule has 0 bridgehead atoms. The Morgan fingerprint density at radius 3 is 2.52 bits per heavy atom. The molecular formula is C19H19ClFN3O4S. The number of anilines is 1. The summed E-state index contributed by atoms with van der Waals surface area (Å²) in [7, 11) is -3.72. The molecular weight excluding hydrogens is 421 g/mol. The zero-order chi connectivity index (χ0) is 20.9. The fourth-order valence-electron chi connectivity index (χ4n) is 2.64. The third-order valence-electron chi connectivity index (χ3n) is 4.15. The third-order valence-corrected chi connectivity index (χ3v) is 6.38. The van der Waals surface area contributed by atoms with E-state index in [0.717, 1.165) is 0 Å². The molecule has 0 spiro atoms. The molecule has 0 radical (unpaired) electrons. The molecule has 0 saturated carbocycles. The number of sulfonamides is 1. The fourth-order valence-corrected chi connectivity index (χ4v) is 4.24. The van der Waals surface area contributed by atoms with Gasteiger partial charge in [0.25, 0.3) is 0 Å². The van der Waals surface area contributed by atoms with E-state index in [4.69, 9.17) is 16.3 Å². The highest BCUT2D eigenvalue weighted by Gasteiger charge is 2.27. The number of rotatable bonds is 5. The topological polar surface area (TPSA) is 87.7 Å². The number of halogens is 2. The van der Waals surface area contributed by atoms with Gasteiger partial charge in [0.05, 0.1) is 28.8 Å². The van der Waals surface area contributed by atoms with Crippen molar-refractivity contribution in [2.24, 2.45) is 0 Å². The molecule has 7 nitrogen and oxygen atoms in total. The van der Waals surface area contributed by atoms with Gasteiger partial charge in [-0.05, 0) is 42.0 Å². The van der Waals surface area contributed by atoms with Crippen LogP contribution in [0.15, 0.2) is 53.6 Å². The summed E-state index contributed by atoms with van der Waals surface area (Å²) in [6.07, 6.45) is 2.96. The number of urea groups is 1. The summed E-state index contributed by atoms with van der Waals surface area (Å²) in [6.45, 7) is 1.20. The molecule has 29 heavy (non-hydrogen) atoms. The van der Waals surface area contributed by atoms with E-state index in [1.54, 1.807) is 18.2 Å². The van der Waals surface area contributed by atoms with Crippen molar-refractivity contribution in [2.45, 2.75) is 4.90 Å². The Balaban J connectivity index is 1.67. The first kappa shape index (κ1) is 21.3. The van der Waals surface area contributed by atoms with Gasteiger partial charge >= 0.3 is 6.03 Å². The summed E-state index contributed by atoms with van der Waals surface area (Å²) in [5.74, 6) is -0.352. The van der Waals surface area contributed by atoms with Gasteiger partial charge in [0.1, 0.15) is 5.82 Å². The lowest BCUT2D eigenvalue weighted by atomic mass is 10.2. The maximum Gasteiger partial charge on any atom is 0.323 e. The lowest BCUT2D eigenvalue weighted by Gasteiger charge is -2.26. The number of nitrogens with one attached hydrogen (secondary N) is 2. The fraction of sp³-hybridized carbons (Fsp3) is 0.211. The number of ether oxygens (including phenoxy) is 1. The number of morpholine rings is 1. The molecule has 2 aromatic carbocycles. The van der Waals surface area contributed by atoms with Crippen LogP contribution in [0, 0.1) is 5.82 Å². The second kappa shape index (κ2) is 9.36. The lowest BCUT2D eigenvalue weighted by molar-refractivity contribution is 0.0730. The van der Waals surface area contributed by atoms with E-state index in [1.807, 2.05) is 0 Å².